The molecule has 1 N–H and O–H groups in total. The van der Waals surface area contributed by atoms with Crippen LogP contribution in [0.15, 0.2) is 64.6 Å². The highest BCUT2D eigenvalue weighted by Gasteiger charge is 2.31. The van der Waals surface area contributed by atoms with Gasteiger partial charge in [0.25, 0.3) is 5.91 Å². The molecule has 0 saturated heterocycles. The maximum Gasteiger partial charge on any atom is 0.431 e. The standard InChI is InChI=1S/C24H22F2N4O6/c1-3-17-21(15-6-9-18(35-23(25)26)19(10-15)33-2)29-30(24(32)36-17)12-14-4-7-16(8-5-14)28-22(31)20-11-27-13-34-20/h4-11,13,17,23H,3,12H2,1-2H3,(H,28,31). The van der Waals surface area contributed by atoms with Crippen LogP contribution in [0.3, 0.4) is 0 Å². The number of anilines is 1. The number of aromatic nitrogens is 1. The second-order valence-electron chi connectivity index (χ2n) is 7.58. The van der Waals surface area contributed by atoms with E-state index in [1.807, 2.05) is 6.92 Å². The van der Waals surface area contributed by atoms with Crippen molar-refractivity contribution in [2.45, 2.75) is 32.6 Å². The Morgan fingerprint density at radius 3 is 2.61 bits per heavy atom. The minimum atomic E-state index is -3.00. The van der Waals surface area contributed by atoms with Crippen LogP contribution in [0.1, 0.15) is 35.0 Å². The van der Waals surface area contributed by atoms with Crippen molar-refractivity contribution in [2.75, 3.05) is 12.4 Å². The summed E-state index contributed by atoms with van der Waals surface area (Å²) in [4.78, 5) is 28.4. The summed E-state index contributed by atoms with van der Waals surface area (Å²) in [5.41, 5.74) is 2.22. The van der Waals surface area contributed by atoms with E-state index in [1.165, 1.54) is 30.4 Å². The minimum absolute atomic E-state index is 0.0768. The van der Waals surface area contributed by atoms with Gasteiger partial charge in [0.2, 0.25) is 5.76 Å². The second-order valence-corrected chi connectivity index (χ2v) is 7.58. The summed E-state index contributed by atoms with van der Waals surface area (Å²) < 4.78 is 45.5. The first-order valence-electron chi connectivity index (χ1n) is 10.9. The van der Waals surface area contributed by atoms with Crippen LogP contribution in [0, 0.1) is 0 Å². The van der Waals surface area contributed by atoms with Crippen molar-refractivity contribution >= 4 is 23.4 Å². The van der Waals surface area contributed by atoms with Crippen LogP contribution in [0.4, 0.5) is 19.3 Å². The molecule has 1 aliphatic heterocycles. The molecule has 1 aliphatic rings. The zero-order valence-electron chi connectivity index (χ0n) is 19.3. The van der Waals surface area contributed by atoms with Gasteiger partial charge in [0.05, 0.1) is 19.9 Å². The number of carbonyl (C=O) groups is 2. The van der Waals surface area contributed by atoms with Crippen molar-refractivity contribution in [3.63, 3.8) is 0 Å². The molecule has 10 nitrogen and oxygen atoms in total. The SMILES string of the molecule is CCC1OC(=O)N(Cc2ccc(NC(=O)c3cnco3)cc2)N=C1c1ccc(OC(F)F)c(OC)c1. The van der Waals surface area contributed by atoms with Crippen molar-refractivity contribution in [3.8, 4) is 11.5 Å². The topological polar surface area (TPSA) is 115 Å². The number of carbonyl (C=O) groups excluding carboxylic acids is 2. The van der Waals surface area contributed by atoms with Crippen molar-refractivity contribution in [1.82, 2.24) is 9.99 Å². The number of methoxy groups -OCH3 is 1. The van der Waals surface area contributed by atoms with Crippen LogP contribution >= 0.6 is 0 Å². The fourth-order valence-electron chi connectivity index (χ4n) is 3.50. The van der Waals surface area contributed by atoms with Gasteiger partial charge in [0, 0.05) is 11.3 Å². The monoisotopic (exact) mass is 500 g/mol. The molecule has 36 heavy (non-hydrogen) atoms. The number of hydrogen-bond donors (Lipinski definition) is 1. The summed E-state index contributed by atoms with van der Waals surface area (Å²) in [6, 6.07) is 11.2. The highest BCUT2D eigenvalue weighted by molar-refractivity contribution is 6.06. The second kappa shape index (κ2) is 10.8. The van der Waals surface area contributed by atoms with E-state index in [0.717, 1.165) is 12.0 Å². The molecule has 4 rings (SSSR count). The average molecular weight is 500 g/mol. The van der Waals surface area contributed by atoms with Gasteiger partial charge in [0.15, 0.2) is 17.9 Å². The number of hydrazone groups is 1. The fourth-order valence-corrected chi connectivity index (χ4v) is 3.50. The van der Waals surface area contributed by atoms with Crippen molar-refractivity contribution < 1.29 is 37.0 Å². The van der Waals surface area contributed by atoms with E-state index >= 15 is 0 Å². The molecule has 188 valence electrons. The van der Waals surface area contributed by atoms with Gasteiger partial charge in [0.1, 0.15) is 11.8 Å². The lowest BCUT2D eigenvalue weighted by atomic mass is 10.0. The Balaban J connectivity index is 1.53. The van der Waals surface area contributed by atoms with Crippen LogP contribution in [0.2, 0.25) is 0 Å². The predicted molar refractivity (Wildman–Crippen MR) is 123 cm³/mol. The summed E-state index contributed by atoms with van der Waals surface area (Å²) in [6.45, 7) is -1.07. The van der Waals surface area contributed by atoms with Gasteiger partial charge in [-0.15, -0.1) is 0 Å². The van der Waals surface area contributed by atoms with E-state index in [-0.39, 0.29) is 23.8 Å². The summed E-state index contributed by atoms with van der Waals surface area (Å²) in [6.07, 6.45) is 1.66. The van der Waals surface area contributed by atoms with E-state index in [4.69, 9.17) is 13.9 Å². The fraction of sp³-hybridized carbons (Fsp3) is 0.250. The normalized spacial score (nSPS) is 15.4. The third-order valence-corrected chi connectivity index (χ3v) is 5.23. The largest absolute Gasteiger partial charge is 0.493 e. The molecular weight excluding hydrogens is 478 g/mol. The first-order valence-corrected chi connectivity index (χ1v) is 10.9. The highest BCUT2D eigenvalue weighted by atomic mass is 19.3. The van der Waals surface area contributed by atoms with Gasteiger partial charge in [-0.1, -0.05) is 19.1 Å². The number of ether oxygens (including phenoxy) is 3. The number of cyclic esters (lactones) is 1. The number of oxazole rings is 1. The van der Waals surface area contributed by atoms with Gasteiger partial charge in [-0.05, 0) is 42.3 Å². The van der Waals surface area contributed by atoms with E-state index in [1.54, 1.807) is 30.3 Å². The molecule has 2 aromatic carbocycles. The molecule has 0 saturated carbocycles. The Kier molecular flexibility index (Phi) is 7.42. The lowest BCUT2D eigenvalue weighted by molar-refractivity contribution is -0.0512. The van der Waals surface area contributed by atoms with Gasteiger partial charge in [-0.3, -0.25) is 4.79 Å². The Hall–Kier alpha value is -4.48. The van der Waals surface area contributed by atoms with Crippen LogP contribution in [-0.4, -0.2) is 47.5 Å². The summed E-state index contributed by atoms with van der Waals surface area (Å²) in [7, 11) is 1.33. The molecule has 1 aromatic heterocycles. The van der Waals surface area contributed by atoms with Crippen LogP contribution < -0.4 is 14.8 Å². The molecule has 1 atom stereocenters. The molecule has 2 heterocycles. The average Bonchev–Trinajstić information content (AvgIpc) is 3.41. The molecule has 3 aromatic rings. The molecule has 12 heteroatoms. The molecule has 2 amide bonds. The van der Waals surface area contributed by atoms with Gasteiger partial charge in [-0.25, -0.2) is 9.78 Å². The number of alkyl halides is 2. The molecule has 0 bridgehead atoms. The Morgan fingerprint density at radius 1 is 1.19 bits per heavy atom. The predicted octanol–water partition coefficient (Wildman–Crippen LogP) is 4.67. The molecule has 1 unspecified atom stereocenters. The number of rotatable bonds is 9. The third kappa shape index (κ3) is 5.59. The lowest BCUT2D eigenvalue weighted by Gasteiger charge is -2.29. The van der Waals surface area contributed by atoms with E-state index in [2.05, 4.69) is 20.1 Å². The lowest BCUT2D eigenvalue weighted by Crippen LogP contribution is -2.41. The highest BCUT2D eigenvalue weighted by Crippen LogP contribution is 2.31. The first-order chi connectivity index (χ1) is 17.4. The molecule has 0 radical (unpaired) electrons. The summed E-state index contributed by atoms with van der Waals surface area (Å²) in [5.74, 6) is -0.394. The maximum absolute atomic E-state index is 12.7. The summed E-state index contributed by atoms with van der Waals surface area (Å²) >= 11 is 0. The van der Waals surface area contributed by atoms with Gasteiger partial charge in [-0.2, -0.15) is 18.9 Å². The van der Waals surface area contributed by atoms with Crippen LogP contribution in [0.5, 0.6) is 11.5 Å². The Bertz CT molecular complexity index is 1250. The Morgan fingerprint density at radius 2 is 1.97 bits per heavy atom. The summed E-state index contributed by atoms with van der Waals surface area (Å²) in [5, 5.41) is 8.34. The zero-order valence-corrected chi connectivity index (χ0v) is 19.3. The Labute approximate surface area is 204 Å². The minimum Gasteiger partial charge on any atom is -0.493 e. The number of nitrogens with zero attached hydrogens (tertiary/aromatic N) is 3. The van der Waals surface area contributed by atoms with Crippen molar-refractivity contribution in [3.05, 3.63) is 71.9 Å². The number of nitrogens with one attached hydrogen (secondary N) is 1. The van der Waals surface area contributed by atoms with E-state index in [0.29, 0.717) is 23.4 Å². The quantitative estimate of drug-likeness (QED) is 0.454. The molecule has 0 spiro atoms. The number of halogens is 2. The van der Waals surface area contributed by atoms with Crippen LogP contribution in [0.25, 0.3) is 0 Å². The molecular formula is C24H22F2N4O6. The molecule has 0 fully saturated rings. The number of benzene rings is 2. The number of amides is 2. The first kappa shape index (κ1) is 24.6. The smallest absolute Gasteiger partial charge is 0.431 e. The van der Waals surface area contributed by atoms with Crippen molar-refractivity contribution in [2.24, 2.45) is 5.10 Å². The third-order valence-electron chi connectivity index (χ3n) is 5.23. The van der Waals surface area contributed by atoms with E-state index in [9.17, 15) is 18.4 Å². The van der Waals surface area contributed by atoms with Crippen LogP contribution in [-0.2, 0) is 11.3 Å². The molecule has 0 aliphatic carbocycles. The number of hydrogen-bond acceptors (Lipinski definition) is 8. The van der Waals surface area contributed by atoms with Crippen molar-refractivity contribution in [1.29, 1.82) is 0 Å². The maximum atomic E-state index is 12.7. The van der Waals surface area contributed by atoms with Gasteiger partial charge < -0.3 is 23.9 Å². The van der Waals surface area contributed by atoms with E-state index < -0.39 is 24.7 Å². The van der Waals surface area contributed by atoms with Gasteiger partial charge >= 0.3 is 12.7 Å². The zero-order chi connectivity index (χ0) is 25.7.